The molecule has 26 heteroatoms. The van der Waals surface area contributed by atoms with Crippen LogP contribution in [-0.2, 0) is 109 Å². The molecular formula is C51H104N2O24. The number of hydrogen-bond acceptors (Lipinski definition) is 25. The maximum absolute atomic E-state index is 11.5. The number of nitrogens with one attached hydrogen (secondary N) is 1. The largest absolute Gasteiger partial charge is 0.444 e. The van der Waals surface area contributed by atoms with E-state index in [0.29, 0.717) is 304 Å². The van der Waals surface area contributed by atoms with Gasteiger partial charge in [-0.1, -0.05) is 0 Å². The van der Waals surface area contributed by atoms with Crippen LogP contribution in [0.5, 0.6) is 0 Å². The molecule has 77 heavy (non-hydrogen) atoms. The summed E-state index contributed by atoms with van der Waals surface area (Å²) in [6.45, 7) is 27.8. The third kappa shape index (κ3) is 72.3. The Bertz CT molecular complexity index is 1110. The lowest BCUT2D eigenvalue weighted by molar-refractivity contribution is -0.0317. The summed E-state index contributed by atoms with van der Waals surface area (Å²) < 4.78 is 126. The molecule has 0 atom stereocenters. The summed E-state index contributed by atoms with van der Waals surface area (Å²) in [4.78, 5) is 11.5. The molecule has 0 rings (SSSR count). The summed E-state index contributed by atoms with van der Waals surface area (Å²) >= 11 is 0. The molecule has 0 aromatic heterocycles. The molecule has 26 nitrogen and oxygen atoms in total. The van der Waals surface area contributed by atoms with Crippen LogP contribution in [0, 0.1) is 0 Å². The molecule has 1 amide bonds. The van der Waals surface area contributed by atoms with Crippen molar-refractivity contribution in [2.24, 2.45) is 5.73 Å². The van der Waals surface area contributed by atoms with E-state index in [4.69, 9.17) is 115 Å². The SMILES string of the molecule is CC(C)(C)OC(=O)NCCOCCOCCOCCOCCOCCOCCOCCOCCOCCOCCOCCOCCOCCOCCOCCOCCOCCOCCOCCOCCOCCOCCN. The van der Waals surface area contributed by atoms with E-state index in [1.807, 2.05) is 20.8 Å². The van der Waals surface area contributed by atoms with Gasteiger partial charge in [0.15, 0.2) is 0 Å². The molecule has 0 saturated heterocycles. The number of carbonyl (C=O) groups is 1. The minimum absolute atomic E-state index is 0.375. The molecule has 0 bridgehead atoms. The number of alkyl carbamates (subject to hydrolysis) is 1. The lowest BCUT2D eigenvalue weighted by Crippen LogP contribution is -2.34. The van der Waals surface area contributed by atoms with Crippen LogP contribution in [0.25, 0.3) is 0 Å². The first-order chi connectivity index (χ1) is 38.0. The average Bonchev–Trinajstić information content (AvgIpc) is 3.41. The van der Waals surface area contributed by atoms with Crippen LogP contribution in [0.1, 0.15) is 20.8 Å². The summed E-state index contributed by atoms with van der Waals surface area (Å²) in [6, 6.07) is 0. The molecule has 0 aromatic rings. The second kappa shape index (κ2) is 66.9. The summed E-state index contributed by atoms with van der Waals surface area (Å²) in [6.07, 6.45) is -0.458. The zero-order chi connectivity index (χ0) is 55.6. The summed E-state index contributed by atoms with van der Waals surface area (Å²) in [5, 5.41) is 2.63. The third-order valence-corrected chi connectivity index (χ3v) is 8.99. The third-order valence-electron chi connectivity index (χ3n) is 8.99. The Morgan fingerprint density at radius 1 is 0.247 bits per heavy atom. The zero-order valence-corrected chi connectivity index (χ0v) is 47.4. The molecule has 3 N–H and O–H groups in total. The van der Waals surface area contributed by atoms with Gasteiger partial charge in [0, 0.05) is 13.1 Å². The molecule has 0 aliphatic carbocycles. The first kappa shape index (κ1) is 75.3. The Kier molecular flexibility index (Phi) is 65.4. The van der Waals surface area contributed by atoms with E-state index in [1.54, 1.807) is 0 Å². The van der Waals surface area contributed by atoms with Gasteiger partial charge in [-0.25, -0.2) is 4.79 Å². The van der Waals surface area contributed by atoms with Gasteiger partial charge in [-0.3, -0.25) is 0 Å². The first-order valence-electron chi connectivity index (χ1n) is 27.3. The smallest absolute Gasteiger partial charge is 0.407 e. The van der Waals surface area contributed by atoms with Gasteiger partial charge in [0.1, 0.15) is 5.60 Å². The molecule has 0 aromatic carbocycles. The van der Waals surface area contributed by atoms with Gasteiger partial charge in [-0.05, 0) is 20.8 Å². The number of hydrogen-bond donors (Lipinski definition) is 2. The van der Waals surface area contributed by atoms with Crippen LogP contribution in [0.2, 0.25) is 0 Å². The van der Waals surface area contributed by atoms with Crippen molar-refractivity contribution in [3.8, 4) is 0 Å². The fourth-order valence-corrected chi connectivity index (χ4v) is 5.34. The van der Waals surface area contributed by atoms with Crippen LogP contribution in [-0.4, -0.2) is 315 Å². The van der Waals surface area contributed by atoms with E-state index in [0.717, 1.165) is 0 Å². The number of nitrogens with two attached hydrogens (primary N) is 1. The Balaban J connectivity index is 3.10. The van der Waals surface area contributed by atoms with Crippen LogP contribution in [0.4, 0.5) is 4.79 Å². The summed E-state index contributed by atoms with van der Waals surface area (Å²) in [5.41, 5.74) is 4.82. The van der Waals surface area contributed by atoms with E-state index < -0.39 is 11.7 Å². The van der Waals surface area contributed by atoms with Crippen molar-refractivity contribution in [2.75, 3.05) is 304 Å². The Morgan fingerprint density at radius 3 is 0.506 bits per heavy atom. The normalized spacial score (nSPS) is 11.8. The van der Waals surface area contributed by atoms with E-state index >= 15 is 0 Å². The highest BCUT2D eigenvalue weighted by Crippen LogP contribution is 2.06. The van der Waals surface area contributed by atoms with Crippen molar-refractivity contribution in [1.82, 2.24) is 5.32 Å². The predicted octanol–water partition coefficient (Wildman–Crippen LogP) is 0.835. The zero-order valence-electron chi connectivity index (χ0n) is 47.4. The van der Waals surface area contributed by atoms with E-state index in [9.17, 15) is 4.79 Å². The maximum atomic E-state index is 11.5. The molecule has 0 aliphatic heterocycles. The molecular weight excluding hydrogens is 1020 g/mol. The first-order valence-corrected chi connectivity index (χ1v) is 27.3. The minimum atomic E-state index is -0.520. The number of ether oxygens (including phenoxy) is 23. The summed E-state index contributed by atoms with van der Waals surface area (Å²) in [5.74, 6) is 0. The maximum Gasteiger partial charge on any atom is 0.407 e. The molecule has 0 spiro atoms. The molecule has 0 aliphatic rings. The standard InChI is InChI=1S/C51H104N2O24/c1-51(2,3)77-50(54)53-5-7-56-9-11-58-13-15-60-17-19-62-21-23-64-25-27-66-29-31-68-33-35-70-37-39-72-41-43-74-45-47-76-49-48-75-46-44-73-42-40-71-38-36-69-34-32-67-30-28-65-26-24-63-22-20-61-18-16-59-14-12-57-10-8-55-6-4-52/h4-49,52H2,1-3H3,(H,53,54). The van der Waals surface area contributed by atoms with Gasteiger partial charge in [0.05, 0.1) is 291 Å². The van der Waals surface area contributed by atoms with Crippen LogP contribution in [0.3, 0.4) is 0 Å². The molecule has 462 valence electrons. The van der Waals surface area contributed by atoms with Gasteiger partial charge < -0.3 is 120 Å². The van der Waals surface area contributed by atoms with Crippen LogP contribution >= 0.6 is 0 Å². The monoisotopic (exact) mass is 1130 g/mol. The number of rotatable bonds is 68. The van der Waals surface area contributed by atoms with Gasteiger partial charge in [-0.2, -0.15) is 0 Å². The van der Waals surface area contributed by atoms with E-state index in [2.05, 4.69) is 5.32 Å². The average molecular weight is 1130 g/mol. The second-order valence-corrected chi connectivity index (χ2v) is 16.7. The fraction of sp³-hybridized carbons (Fsp3) is 0.980. The second-order valence-electron chi connectivity index (χ2n) is 16.7. The highest BCUT2D eigenvalue weighted by Gasteiger charge is 2.15. The molecule has 0 unspecified atom stereocenters. The molecule has 0 heterocycles. The quantitative estimate of drug-likeness (QED) is 0.0799. The van der Waals surface area contributed by atoms with Crippen molar-refractivity contribution in [3.05, 3.63) is 0 Å². The van der Waals surface area contributed by atoms with E-state index in [-0.39, 0.29) is 0 Å². The Morgan fingerprint density at radius 2 is 0.377 bits per heavy atom. The predicted molar refractivity (Wildman–Crippen MR) is 281 cm³/mol. The number of amides is 1. The Hall–Kier alpha value is -1.65. The van der Waals surface area contributed by atoms with Gasteiger partial charge in [0.25, 0.3) is 0 Å². The van der Waals surface area contributed by atoms with E-state index in [1.165, 1.54) is 0 Å². The lowest BCUT2D eigenvalue weighted by Gasteiger charge is -2.19. The molecule has 0 radical (unpaired) electrons. The van der Waals surface area contributed by atoms with Gasteiger partial charge in [-0.15, -0.1) is 0 Å². The number of carbonyl (C=O) groups excluding carboxylic acids is 1. The molecule has 0 saturated carbocycles. The molecule has 0 fully saturated rings. The fourth-order valence-electron chi connectivity index (χ4n) is 5.34. The van der Waals surface area contributed by atoms with Crippen molar-refractivity contribution >= 4 is 6.09 Å². The van der Waals surface area contributed by atoms with Crippen LogP contribution in [0.15, 0.2) is 0 Å². The highest BCUT2D eigenvalue weighted by molar-refractivity contribution is 5.67. The Labute approximate surface area is 460 Å². The highest BCUT2D eigenvalue weighted by atomic mass is 16.6. The van der Waals surface area contributed by atoms with Crippen molar-refractivity contribution in [2.45, 2.75) is 26.4 Å². The van der Waals surface area contributed by atoms with Crippen molar-refractivity contribution < 1.29 is 114 Å². The topological polar surface area (TPSA) is 267 Å². The van der Waals surface area contributed by atoms with Crippen molar-refractivity contribution in [3.63, 3.8) is 0 Å². The van der Waals surface area contributed by atoms with Gasteiger partial charge >= 0.3 is 6.09 Å². The summed E-state index contributed by atoms with van der Waals surface area (Å²) in [7, 11) is 0. The van der Waals surface area contributed by atoms with Crippen molar-refractivity contribution in [1.29, 1.82) is 0 Å². The lowest BCUT2D eigenvalue weighted by atomic mass is 10.2. The van der Waals surface area contributed by atoms with Crippen LogP contribution < -0.4 is 11.1 Å². The minimum Gasteiger partial charge on any atom is -0.444 e. The van der Waals surface area contributed by atoms with Gasteiger partial charge in [0.2, 0.25) is 0 Å².